The van der Waals surface area contributed by atoms with Crippen LogP contribution in [0.1, 0.15) is 16.8 Å². The van der Waals surface area contributed by atoms with Crippen LogP contribution in [0.5, 0.6) is 5.75 Å². The van der Waals surface area contributed by atoms with Crippen molar-refractivity contribution >= 4 is 15.7 Å². The van der Waals surface area contributed by atoms with Crippen molar-refractivity contribution in [3.8, 4) is 11.6 Å². The van der Waals surface area contributed by atoms with E-state index in [0.29, 0.717) is 23.4 Å². The zero-order valence-electron chi connectivity index (χ0n) is 17.6. The minimum atomic E-state index is -3.99. The molecule has 0 atom stereocenters. The van der Waals surface area contributed by atoms with E-state index < -0.39 is 10.0 Å². The molecule has 0 bridgehead atoms. The second-order valence-electron chi connectivity index (χ2n) is 7.18. The molecule has 2 heterocycles. The predicted molar refractivity (Wildman–Crippen MR) is 122 cm³/mol. The number of sulfonamides is 1. The summed E-state index contributed by atoms with van der Waals surface area (Å²) in [4.78, 5) is 17.3. The van der Waals surface area contributed by atoms with Gasteiger partial charge in [0.1, 0.15) is 10.6 Å². The van der Waals surface area contributed by atoms with Gasteiger partial charge in [-0.15, -0.1) is 0 Å². The van der Waals surface area contributed by atoms with Gasteiger partial charge in [-0.05, 0) is 48.9 Å². The van der Waals surface area contributed by atoms with Gasteiger partial charge in [-0.25, -0.2) is 13.4 Å². The fourth-order valence-corrected chi connectivity index (χ4v) is 4.56. The lowest BCUT2D eigenvalue weighted by Crippen LogP contribution is -2.23. The topological polar surface area (TPSA) is 106 Å². The number of aromatic amines is 1. The summed E-state index contributed by atoms with van der Waals surface area (Å²) in [7, 11) is -2.39. The van der Waals surface area contributed by atoms with Gasteiger partial charge in [0.15, 0.2) is 5.82 Å². The first kappa shape index (κ1) is 21.4. The number of benzene rings is 2. The molecule has 0 aliphatic carbocycles. The number of aryl methyl sites for hydroxylation is 1. The van der Waals surface area contributed by atoms with Gasteiger partial charge in [-0.3, -0.25) is 14.6 Å². The van der Waals surface area contributed by atoms with Crippen LogP contribution in [0, 0.1) is 6.92 Å². The van der Waals surface area contributed by atoms with Crippen LogP contribution in [0.15, 0.2) is 82.6 Å². The van der Waals surface area contributed by atoms with Crippen LogP contribution in [0.4, 0.5) is 5.69 Å². The fourth-order valence-electron chi connectivity index (χ4n) is 3.36. The number of nitrogens with zero attached hydrogens (tertiary/aromatic N) is 2. The highest BCUT2D eigenvalue weighted by Gasteiger charge is 2.23. The maximum atomic E-state index is 13.2. The lowest BCUT2D eigenvalue weighted by molar-refractivity contribution is 0.414. The molecule has 164 valence electrons. The van der Waals surface area contributed by atoms with Gasteiger partial charge >= 0.3 is 0 Å². The molecule has 0 aliphatic heterocycles. The molecule has 8 nitrogen and oxygen atoms in total. The van der Waals surface area contributed by atoms with Gasteiger partial charge in [0.25, 0.3) is 15.6 Å². The largest absolute Gasteiger partial charge is 0.497 e. The van der Waals surface area contributed by atoms with E-state index in [1.165, 1.54) is 23.0 Å². The monoisotopic (exact) mass is 450 g/mol. The Hall–Kier alpha value is -3.85. The molecule has 0 radical (unpaired) electrons. The van der Waals surface area contributed by atoms with E-state index in [4.69, 9.17) is 4.74 Å². The molecule has 32 heavy (non-hydrogen) atoms. The molecule has 2 N–H and O–H groups in total. The molecule has 0 spiro atoms. The molecule has 2 aromatic carbocycles. The van der Waals surface area contributed by atoms with E-state index in [-0.39, 0.29) is 16.3 Å². The van der Waals surface area contributed by atoms with Gasteiger partial charge in [0.2, 0.25) is 0 Å². The summed E-state index contributed by atoms with van der Waals surface area (Å²) in [5, 5.41) is 2.97. The molecule has 2 aromatic heterocycles. The Morgan fingerprint density at radius 1 is 1.03 bits per heavy atom. The summed E-state index contributed by atoms with van der Waals surface area (Å²) in [5.74, 6) is 0.733. The molecule has 0 saturated carbocycles. The standard InChI is InChI=1S/C23H22N4O4S/c1-16-20(15-17-10-12-19(31-2)13-11-17)23(28)27(25-16)22-21(9-6-14-24-22)32(29,30)26-18-7-4-3-5-8-18/h3-14,25-26H,15H2,1-2H3. The number of para-hydroxylation sites is 1. The lowest BCUT2D eigenvalue weighted by atomic mass is 10.1. The Kier molecular flexibility index (Phi) is 5.83. The smallest absolute Gasteiger partial charge is 0.276 e. The Labute approximate surface area is 185 Å². The average Bonchev–Trinajstić information content (AvgIpc) is 3.08. The molecule has 0 saturated heterocycles. The summed E-state index contributed by atoms with van der Waals surface area (Å²) in [5.41, 5.74) is 2.15. The van der Waals surface area contributed by atoms with Gasteiger partial charge in [-0.2, -0.15) is 4.68 Å². The Morgan fingerprint density at radius 2 is 1.75 bits per heavy atom. The Morgan fingerprint density at radius 3 is 2.44 bits per heavy atom. The third kappa shape index (κ3) is 4.28. The van der Waals surface area contributed by atoms with Crippen molar-refractivity contribution in [1.29, 1.82) is 0 Å². The number of methoxy groups -OCH3 is 1. The third-order valence-electron chi connectivity index (χ3n) is 5.01. The van der Waals surface area contributed by atoms with E-state index in [9.17, 15) is 13.2 Å². The lowest BCUT2D eigenvalue weighted by Gasteiger charge is -2.11. The van der Waals surface area contributed by atoms with E-state index in [2.05, 4.69) is 14.8 Å². The summed E-state index contributed by atoms with van der Waals surface area (Å²) in [6.45, 7) is 1.77. The van der Waals surface area contributed by atoms with Crippen LogP contribution >= 0.6 is 0 Å². The van der Waals surface area contributed by atoms with Crippen molar-refractivity contribution in [3.05, 3.63) is 100 Å². The molecule has 9 heteroatoms. The number of anilines is 1. The summed E-state index contributed by atoms with van der Waals surface area (Å²) in [6, 6.07) is 18.9. The van der Waals surface area contributed by atoms with Crippen LogP contribution in [0.25, 0.3) is 5.82 Å². The number of hydrogen-bond acceptors (Lipinski definition) is 5. The number of ether oxygens (including phenoxy) is 1. The molecule has 0 fully saturated rings. The number of H-pyrrole nitrogens is 1. The van der Waals surface area contributed by atoms with E-state index in [1.807, 2.05) is 24.3 Å². The second-order valence-corrected chi connectivity index (χ2v) is 8.83. The number of hydrogen-bond donors (Lipinski definition) is 2. The molecule has 4 rings (SSSR count). The summed E-state index contributed by atoms with van der Waals surface area (Å²) in [6.07, 6.45) is 1.83. The summed E-state index contributed by atoms with van der Waals surface area (Å²) < 4.78 is 35.0. The maximum absolute atomic E-state index is 13.2. The van der Waals surface area contributed by atoms with Gasteiger partial charge in [0.05, 0.1) is 7.11 Å². The average molecular weight is 451 g/mol. The van der Waals surface area contributed by atoms with Crippen molar-refractivity contribution in [2.24, 2.45) is 0 Å². The first-order valence-corrected chi connectivity index (χ1v) is 11.3. The second kappa shape index (κ2) is 8.72. The summed E-state index contributed by atoms with van der Waals surface area (Å²) >= 11 is 0. The van der Waals surface area contributed by atoms with Crippen LogP contribution in [-0.2, 0) is 16.4 Å². The first-order chi connectivity index (χ1) is 15.4. The van der Waals surface area contributed by atoms with Crippen molar-refractivity contribution in [3.63, 3.8) is 0 Å². The zero-order valence-corrected chi connectivity index (χ0v) is 18.4. The fraction of sp³-hybridized carbons (Fsp3) is 0.130. The van der Waals surface area contributed by atoms with E-state index in [1.54, 1.807) is 44.4 Å². The zero-order chi connectivity index (χ0) is 22.7. The molecule has 0 unspecified atom stereocenters. The van der Waals surface area contributed by atoms with Crippen molar-refractivity contribution in [1.82, 2.24) is 14.8 Å². The molecular formula is C23H22N4O4S. The van der Waals surface area contributed by atoms with Gasteiger partial charge < -0.3 is 4.74 Å². The van der Waals surface area contributed by atoms with E-state index >= 15 is 0 Å². The van der Waals surface area contributed by atoms with Crippen LogP contribution < -0.4 is 15.0 Å². The molecule has 0 amide bonds. The quantitative estimate of drug-likeness (QED) is 0.450. The predicted octanol–water partition coefficient (Wildman–Crippen LogP) is 3.27. The SMILES string of the molecule is COc1ccc(Cc2c(C)[nH]n(-c3ncccc3S(=O)(=O)Nc3ccccc3)c2=O)cc1. The van der Waals surface area contributed by atoms with Crippen molar-refractivity contribution < 1.29 is 13.2 Å². The maximum Gasteiger partial charge on any atom is 0.276 e. The number of rotatable bonds is 7. The van der Waals surface area contributed by atoms with Crippen molar-refractivity contribution in [2.75, 3.05) is 11.8 Å². The molecular weight excluding hydrogens is 428 g/mol. The number of aromatic nitrogens is 3. The Balaban J connectivity index is 1.72. The van der Waals surface area contributed by atoms with E-state index in [0.717, 1.165) is 11.3 Å². The van der Waals surface area contributed by atoms with Crippen LogP contribution in [-0.4, -0.2) is 30.3 Å². The van der Waals surface area contributed by atoms with Gasteiger partial charge in [-0.1, -0.05) is 30.3 Å². The minimum absolute atomic E-state index is 0.00464. The minimum Gasteiger partial charge on any atom is -0.497 e. The highest BCUT2D eigenvalue weighted by molar-refractivity contribution is 7.92. The highest BCUT2D eigenvalue weighted by Crippen LogP contribution is 2.21. The first-order valence-electron chi connectivity index (χ1n) is 9.86. The van der Waals surface area contributed by atoms with Crippen LogP contribution in [0.3, 0.4) is 0 Å². The highest BCUT2D eigenvalue weighted by atomic mass is 32.2. The Bertz CT molecular complexity index is 1390. The molecule has 4 aromatic rings. The van der Waals surface area contributed by atoms with Crippen LogP contribution in [0.2, 0.25) is 0 Å². The van der Waals surface area contributed by atoms with Crippen molar-refractivity contribution in [2.45, 2.75) is 18.2 Å². The number of nitrogens with one attached hydrogen (secondary N) is 2. The third-order valence-corrected chi connectivity index (χ3v) is 6.41. The number of pyridine rings is 1. The molecule has 0 aliphatic rings. The van der Waals surface area contributed by atoms with Gasteiger partial charge in [0, 0.05) is 29.6 Å². The normalized spacial score (nSPS) is 11.3.